The summed E-state index contributed by atoms with van der Waals surface area (Å²) in [5, 5.41) is 0. The molecule has 0 aromatic heterocycles. The fourth-order valence-electron chi connectivity index (χ4n) is 8.36. The molecule has 0 spiro atoms. The molecule has 0 fully saturated rings. The second-order valence-electron chi connectivity index (χ2n) is 19.5. The molecule has 1 atom stereocenters. The third-order valence-corrected chi connectivity index (χ3v) is 12.7. The van der Waals surface area contributed by atoms with E-state index >= 15 is 0 Å². The monoisotopic (exact) mass is 949 g/mol. The van der Waals surface area contributed by atoms with Gasteiger partial charge >= 0.3 is 11.9 Å². The van der Waals surface area contributed by atoms with Gasteiger partial charge in [0, 0.05) is 19.4 Å². The lowest BCUT2D eigenvalue weighted by atomic mass is 10.0. The Hall–Kier alpha value is -2.66. The molecule has 0 aromatic rings. The first-order valence-electron chi connectivity index (χ1n) is 29.5. The average molecular weight is 950 g/mol. The van der Waals surface area contributed by atoms with E-state index in [0.29, 0.717) is 19.4 Å². The molecule has 1 unspecified atom stereocenters. The highest BCUT2D eigenvalue weighted by atomic mass is 16.6. The van der Waals surface area contributed by atoms with Crippen LogP contribution in [0.3, 0.4) is 0 Å². The summed E-state index contributed by atoms with van der Waals surface area (Å²) in [7, 11) is 0. The Morgan fingerprint density at radius 1 is 0.338 bits per heavy atom. The first kappa shape index (κ1) is 65.3. The highest BCUT2D eigenvalue weighted by Crippen LogP contribution is 2.16. The number of allylic oxidation sites excluding steroid dienone is 12. The number of rotatable bonds is 54. The molecule has 68 heavy (non-hydrogen) atoms. The molecule has 0 heterocycles. The van der Waals surface area contributed by atoms with Gasteiger partial charge in [-0.2, -0.15) is 0 Å². The third-order valence-electron chi connectivity index (χ3n) is 12.7. The summed E-state index contributed by atoms with van der Waals surface area (Å²) < 4.78 is 17.5. The summed E-state index contributed by atoms with van der Waals surface area (Å²) in [4.78, 5) is 25.5. The van der Waals surface area contributed by atoms with Gasteiger partial charge in [0.25, 0.3) is 0 Å². The van der Waals surface area contributed by atoms with Crippen molar-refractivity contribution in [1.29, 1.82) is 0 Å². The van der Waals surface area contributed by atoms with Crippen molar-refractivity contribution in [2.24, 2.45) is 0 Å². The van der Waals surface area contributed by atoms with Crippen LogP contribution in [0.5, 0.6) is 0 Å². The predicted octanol–water partition coefficient (Wildman–Crippen LogP) is 20.2. The average Bonchev–Trinajstić information content (AvgIpc) is 3.34. The van der Waals surface area contributed by atoms with Gasteiger partial charge in [-0.3, -0.25) is 9.59 Å². The molecule has 0 saturated carbocycles. The molecule has 0 bridgehead atoms. The molecule has 0 aliphatic rings. The quantitative estimate of drug-likeness (QED) is 0.0345. The van der Waals surface area contributed by atoms with Crippen molar-refractivity contribution >= 4 is 11.9 Å². The van der Waals surface area contributed by atoms with E-state index in [0.717, 1.165) is 89.9 Å². The molecule has 0 aromatic carbocycles. The van der Waals surface area contributed by atoms with Crippen LogP contribution in [0.2, 0.25) is 0 Å². The SMILES string of the molecule is CC/C=C\C/C=C\C/C=C\C/C=C\C/C=C\CCCCCC(=O)OCC(COCCCCCCCCCCCCCCCCCC)OC(=O)CCCCCCCCC/C=C\CCCCCCCC. The Balaban J connectivity index is 4.33. The fraction of sp³-hybridized carbons (Fsp3) is 0.778. The Kier molecular flexibility index (Phi) is 56.4. The van der Waals surface area contributed by atoms with Crippen LogP contribution in [-0.4, -0.2) is 37.9 Å². The minimum Gasteiger partial charge on any atom is -0.462 e. The molecule has 0 aliphatic carbocycles. The Morgan fingerprint density at radius 3 is 1.09 bits per heavy atom. The molecule has 0 amide bonds. The summed E-state index contributed by atoms with van der Waals surface area (Å²) in [6, 6.07) is 0. The second kappa shape index (κ2) is 58.7. The Labute approximate surface area is 423 Å². The van der Waals surface area contributed by atoms with Crippen LogP contribution in [0.15, 0.2) is 72.9 Å². The molecular formula is C63H112O5. The summed E-state index contributed by atoms with van der Waals surface area (Å²) in [5.41, 5.74) is 0. The van der Waals surface area contributed by atoms with Gasteiger partial charge in [-0.25, -0.2) is 0 Å². The lowest BCUT2D eigenvalue weighted by Gasteiger charge is -2.18. The van der Waals surface area contributed by atoms with Gasteiger partial charge < -0.3 is 14.2 Å². The van der Waals surface area contributed by atoms with Gasteiger partial charge in [-0.05, 0) is 89.9 Å². The van der Waals surface area contributed by atoms with E-state index in [2.05, 4.69) is 93.7 Å². The van der Waals surface area contributed by atoms with E-state index in [9.17, 15) is 9.59 Å². The lowest BCUT2D eigenvalue weighted by molar-refractivity contribution is -0.163. The molecular weight excluding hydrogens is 837 g/mol. The first-order chi connectivity index (χ1) is 33.6. The smallest absolute Gasteiger partial charge is 0.306 e. The van der Waals surface area contributed by atoms with E-state index in [1.54, 1.807) is 0 Å². The number of esters is 2. The molecule has 394 valence electrons. The van der Waals surface area contributed by atoms with Crippen molar-refractivity contribution < 1.29 is 23.8 Å². The van der Waals surface area contributed by atoms with Crippen molar-refractivity contribution in [3.63, 3.8) is 0 Å². The van der Waals surface area contributed by atoms with Crippen LogP contribution < -0.4 is 0 Å². The summed E-state index contributed by atoms with van der Waals surface area (Å²) in [6.07, 6.45) is 76.4. The van der Waals surface area contributed by atoms with Crippen LogP contribution >= 0.6 is 0 Å². The van der Waals surface area contributed by atoms with Crippen LogP contribution in [0.1, 0.15) is 290 Å². The zero-order chi connectivity index (χ0) is 49.2. The normalized spacial score (nSPS) is 12.7. The van der Waals surface area contributed by atoms with Crippen molar-refractivity contribution in [3.8, 4) is 0 Å². The van der Waals surface area contributed by atoms with Crippen molar-refractivity contribution in [2.75, 3.05) is 19.8 Å². The van der Waals surface area contributed by atoms with E-state index < -0.39 is 6.10 Å². The predicted molar refractivity (Wildman–Crippen MR) is 297 cm³/mol. The first-order valence-corrected chi connectivity index (χ1v) is 29.5. The maximum absolute atomic E-state index is 12.9. The van der Waals surface area contributed by atoms with E-state index in [1.807, 2.05) is 0 Å². The maximum Gasteiger partial charge on any atom is 0.306 e. The Bertz CT molecular complexity index is 1210. The van der Waals surface area contributed by atoms with E-state index in [4.69, 9.17) is 14.2 Å². The zero-order valence-electron chi connectivity index (χ0n) is 45.4. The van der Waals surface area contributed by atoms with Gasteiger partial charge in [0.15, 0.2) is 6.10 Å². The van der Waals surface area contributed by atoms with Gasteiger partial charge in [-0.1, -0.05) is 261 Å². The lowest BCUT2D eigenvalue weighted by Crippen LogP contribution is -2.30. The van der Waals surface area contributed by atoms with Crippen LogP contribution in [0.25, 0.3) is 0 Å². The van der Waals surface area contributed by atoms with Gasteiger partial charge in [0.05, 0.1) is 6.61 Å². The second-order valence-corrected chi connectivity index (χ2v) is 19.5. The number of unbranched alkanes of at least 4 members (excludes halogenated alkanes) is 31. The van der Waals surface area contributed by atoms with E-state index in [-0.39, 0.29) is 25.2 Å². The van der Waals surface area contributed by atoms with Crippen molar-refractivity contribution in [1.82, 2.24) is 0 Å². The summed E-state index contributed by atoms with van der Waals surface area (Å²) in [6.45, 7) is 7.72. The third kappa shape index (κ3) is 55.9. The number of hydrogen-bond acceptors (Lipinski definition) is 5. The van der Waals surface area contributed by atoms with Gasteiger partial charge in [-0.15, -0.1) is 0 Å². The van der Waals surface area contributed by atoms with E-state index in [1.165, 1.54) is 167 Å². The zero-order valence-corrected chi connectivity index (χ0v) is 45.4. The standard InChI is InChI=1S/C63H112O5/c1-4-7-10-13-16-19-22-25-28-31-32-34-35-38-41-44-47-50-53-56-62(64)67-60-61(59-66-58-55-52-49-46-43-40-37-30-27-24-21-18-15-12-9-6-3)68-63(65)57-54-51-48-45-42-39-36-33-29-26-23-20-17-14-11-8-5-2/h7,10,16,19,25-26,28-29,32,34,38,41,61H,4-6,8-9,11-15,17-18,20-24,27,30-31,33,35-37,39-40,42-60H2,1-3H3/b10-7-,19-16-,28-25-,29-26-,34-32-,41-38-. The van der Waals surface area contributed by atoms with Crippen LogP contribution in [0.4, 0.5) is 0 Å². The minimum absolute atomic E-state index is 0.0673. The van der Waals surface area contributed by atoms with Crippen molar-refractivity contribution in [3.05, 3.63) is 72.9 Å². The number of carbonyl (C=O) groups excluding carboxylic acids is 2. The topological polar surface area (TPSA) is 61.8 Å². The largest absolute Gasteiger partial charge is 0.462 e. The summed E-state index contributed by atoms with van der Waals surface area (Å²) >= 11 is 0. The number of ether oxygens (including phenoxy) is 3. The Morgan fingerprint density at radius 2 is 0.662 bits per heavy atom. The van der Waals surface area contributed by atoms with Gasteiger partial charge in [0.1, 0.15) is 6.61 Å². The molecule has 5 nitrogen and oxygen atoms in total. The molecule has 5 heteroatoms. The molecule has 0 radical (unpaired) electrons. The number of hydrogen-bond donors (Lipinski definition) is 0. The molecule has 0 rings (SSSR count). The number of carbonyl (C=O) groups is 2. The van der Waals surface area contributed by atoms with Crippen LogP contribution in [0, 0.1) is 0 Å². The minimum atomic E-state index is -0.553. The van der Waals surface area contributed by atoms with Crippen molar-refractivity contribution in [2.45, 2.75) is 297 Å². The summed E-state index contributed by atoms with van der Waals surface area (Å²) in [5.74, 6) is -0.428. The highest BCUT2D eigenvalue weighted by molar-refractivity contribution is 5.70. The highest BCUT2D eigenvalue weighted by Gasteiger charge is 2.17. The molecule has 0 N–H and O–H groups in total. The van der Waals surface area contributed by atoms with Crippen LogP contribution in [-0.2, 0) is 23.8 Å². The maximum atomic E-state index is 12.9. The van der Waals surface area contributed by atoms with Gasteiger partial charge in [0.2, 0.25) is 0 Å². The molecule has 0 aliphatic heterocycles. The fourth-order valence-corrected chi connectivity index (χ4v) is 8.36. The molecule has 0 saturated heterocycles.